The highest BCUT2D eigenvalue weighted by molar-refractivity contribution is 5.27. The zero-order chi connectivity index (χ0) is 12.0. The van der Waals surface area contributed by atoms with Gasteiger partial charge in [-0.05, 0) is 31.0 Å². The molecule has 1 aromatic rings. The minimum atomic E-state index is -0.155. The third-order valence-corrected chi connectivity index (χ3v) is 2.46. The highest BCUT2D eigenvalue weighted by Gasteiger charge is 2.14. The van der Waals surface area contributed by atoms with Gasteiger partial charge in [0.1, 0.15) is 5.75 Å². The van der Waals surface area contributed by atoms with E-state index in [-0.39, 0.29) is 6.29 Å². The van der Waals surface area contributed by atoms with Crippen molar-refractivity contribution in [2.24, 2.45) is 5.92 Å². The van der Waals surface area contributed by atoms with Gasteiger partial charge >= 0.3 is 0 Å². The van der Waals surface area contributed by atoms with Gasteiger partial charge in [0, 0.05) is 12.5 Å². The summed E-state index contributed by atoms with van der Waals surface area (Å²) >= 11 is 0. The van der Waals surface area contributed by atoms with Crippen LogP contribution in [0.5, 0.6) is 5.75 Å². The van der Waals surface area contributed by atoms with Crippen molar-refractivity contribution in [3.8, 4) is 5.75 Å². The average Bonchev–Trinajstić information content (AvgIpc) is 2.29. The summed E-state index contributed by atoms with van der Waals surface area (Å²) in [7, 11) is 0. The number of hydrogen-bond donors (Lipinski definition) is 0. The summed E-state index contributed by atoms with van der Waals surface area (Å²) < 4.78 is 11.3. The van der Waals surface area contributed by atoms with Gasteiger partial charge in [0.25, 0.3) is 0 Å². The Balaban J connectivity index is 2.62. The zero-order valence-electron chi connectivity index (χ0n) is 10.7. The first-order valence-electron chi connectivity index (χ1n) is 6.04. The molecule has 0 aliphatic carbocycles. The van der Waals surface area contributed by atoms with Gasteiger partial charge in [0.05, 0.1) is 0 Å². The van der Waals surface area contributed by atoms with Crippen molar-refractivity contribution in [1.29, 1.82) is 0 Å². The van der Waals surface area contributed by atoms with Gasteiger partial charge in [-0.1, -0.05) is 32.9 Å². The molecule has 2 nitrogen and oxygen atoms in total. The lowest BCUT2D eigenvalue weighted by Gasteiger charge is -2.22. The molecule has 0 N–H and O–H groups in total. The van der Waals surface area contributed by atoms with Gasteiger partial charge in [-0.2, -0.15) is 0 Å². The molecule has 2 heteroatoms. The Morgan fingerprint density at radius 3 is 2.12 bits per heavy atom. The standard InChI is InChI=1S/C14H22O2/c1-5-12-7-9-13(10-8-12)16-14(11(3)4)15-6-2/h7-11,14H,5-6H2,1-4H3. The van der Waals surface area contributed by atoms with Crippen LogP contribution in [0.25, 0.3) is 0 Å². The quantitative estimate of drug-likeness (QED) is 0.684. The van der Waals surface area contributed by atoms with Gasteiger partial charge in [-0.3, -0.25) is 0 Å². The molecule has 1 rings (SSSR count). The maximum Gasteiger partial charge on any atom is 0.202 e. The number of ether oxygens (including phenoxy) is 2. The second-order valence-electron chi connectivity index (χ2n) is 4.18. The van der Waals surface area contributed by atoms with Gasteiger partial charge < -0.3 is 9.47 Å². The van der Waals surface area contributed by atoms with E-state index in [0.717, 1.165) is 12.2 Å². The maximum absolute atomic E-state index is 5.79. The molecule has 0 aliphatic heterocycles. The first-order chi connectivity index (χ1) is 7.67. The van der Waals surface area contributed by atoms with E-state index < -0.39 is 0 Å². The molecule has 0 spiro atoms. The fraction of sp³-hybridized carbons (Fsp3) is 0.571. The van der Waals surface area contributed by atoms with Crippen LogP contribution in [-0.2, 0) is 11.2 Å². The smallest absolute Gasteiger partial charge is 0.202 e. The van der Waals surface area contributed by atoms with Gasteiger partial charge in [0.15, 0.2) is 0 Å². The maximum atomic E-state index is 5.79. The van der Waals surface area contributed by atoms with Crippen LogP contribution in [0, 0.1) is 5.92 Å². The second-order valence-corrected chi connectivity index (χ2v) is 4.18. The first-order valence-corrected chi connectivity index (χ1v) is 6.04. The lowest BCUT2D eigenvalue weighted by Crippen LogP contribution is -2.26. The van der Waals surface area contributed by atoms with Crippen LogP contribution < -0.4 is 4.74 Å². The van der Waals surface area contributed by atoms with E-state index in [1.54, 1.807) is 0 Å². The summed E-state index contributed by atoms with van der Waals surface area (Å²) in [6.45, 7) is 9.00. The van der Waals surface area contributed by atoms with E-state index in [1.807, 2.05) is 19.1 Å². The second kappa shape index (κ2) is 6.54. The van der Waals surface area contributed by atoms with Crippen molar-refractivity contribution < 1.29 is 9.47 Å². The summed E-state index contributed by atoms with van der Waals surface area (Å²) in [6.07, 6.45) is 0.900. The van der Waals surface area contributed by atoms with E-state index >= 15 is 0 Å². The Kier molecular flexibility index (Phi) is 5.33. The lowest BCUT2D eigenvalue weighted by molar-refractivity contribution is -0.103. The van der Waals surface area contributed by atoms with Crippen molar-refractivity contribution in [3.63, 3.8) is 0 Å². The molecule has 1 atom stereocenters. The summed E-state index contributed by atoms with van der Waals surface area (Å²) in [5, 5.41) is 0. The predicted octanol–water partition coefficient (Wildman–Crippen LogP) is 3.65. The van der Waals surface area contributed by atoms with Crippen LogP contribution in [0.4, 0.5) is 0 Å². The molecule has 0 radical (unpaired) electrons. The Labute approximate surface area is 98.6 Å². The number of aryl methyl sites for hydroxylation is 1. The number of rotatable bonds is 6. The van der Waals surface area contributed by atoms with Crippen LogP contribution in [0.2, 0.25) is 0 Å². The van der Waals surface area contributed by atoms with Crippen molar-refractivity contribution in [2.75, 3.05) is 6.61 Å². The van der Waals surface area contributed by atoms with Crippen molar-refractivity contribution >= 4 is 0 Å². The molecular formula is C14H22O2. The minimum Gasteiger partial charge on any atom is -0.465 e. The monoisotopic (exact) mass is 222 g/mol. The van der Waals surface area contributed by atoms with Crippen LogP contribution in [-0.4, -0.2) is 12.9 Å². The Hall–Kier alpha value is -1.02. The average molecular weight is 222 g/mol. The molecule has 0 saturated carbocycles. The van der Waals surface area contributed by atoms with Gasteiger partial charge in [0.2, 0.25) is 6.29 Å². The summed E-state index contributed by atoms with van der Waals surface area (Å²) in [5.41, 5.74) is 1.32. The van der Waals surface area contributed by atoms with Gasteiger partial charge in [-0.25, -0.2) is 0 Å². The van der Waals surface area contributed by atoms with E-state index in [1.165, 1.54) is 5.56 Å². The van der Waals surface area contributed by atoms with Crippen LogP contribution >= 0.6 is 0 Å². The molecule has 1 unspecified atom stereocenters. The normalized spacial score (nSPS) is 12.8. The van der Waals surface area contributed by atoms with E-state index in [4.69, 9.17) is 9.47 Å². The van der Waals surface area contributed by atoms with Crippen LogP contribution in [0.15, 0.2) is 24.3 Å². The Morgan fingerprint density at radius 2 is 1.69 bits per heavy atom. The topological polar surface area (TPSA) is 18.5 Å². The Morgan fingerprint density at radius 1 is 1.06 bits per heavy atom. The summed E-state index contributed by atoms with van der Waals surface area (Å²) in [6, 6.07) is 8.21. The molecule has 0 bridgehead atoms. The number of benzene rings is 1. The molecule has 0 aromatic heterocycles. The molecule has 0 aliphatic rings. The van der Waals surface area contributed by atoms with Crippen LogP contribution in [0.3, 0.4) is 0 Å². The molecule has 0 amide bonds. The molecule has 0 heterocycles. The van der Waals surface area contributed by atoms with Gasteiger partial charge in [-0.15, -0.1) is 0 Å². The fourth-order valence-electron chi connectivity index (χ4n) is 1.46. The molecule has 1 aromatic carbocycles. The summed E-state index contributed by atoms with van der Waals surface area (Å²) in [5.74, 6) is 1.23. The van der Waals surface area contributed by atoms with E-state index in [2.05, 4.69) is 32.9 Å². The molecule has 0 fully saturated rings. The highest BCUT2D eigenvalue weighted by atomic mass is 16.7. The minimum absolute atomic E-state index is 0.155. The lowest BCUT2D eigenvalue weighted by atomic mass is 10.1. The van der Waals surface area contributed by atoms with E-state index in [9.17, 15) is 0 Å². The van der Waals surface area contributed by atoms with Crippen molar-refractivity contribution in [1.82, 2.24) is 0 Å². The molecular weight excluding hydrogens is 200 g/mol. The van der Waals surface area contributed by atoms with Crippen molar-refractivity contribution in [3.05, 3.63) is 29.8 Å². The van der Waals surface area contributed by atoms with E-state index in [0.29, 0.717) is 12.5 Å². The first kappa shape index (κ1) is 13.0. The van der Waals surface area contributed by atoms with Crippen molar-refractivity contribution in [2.45, 2.75) is 40.4 Å². The predicted molar refractivity (Wildman–Crippen MR) is 66.7 cm³/mol. The Bertz CT molecular complexity index is 290. The molecule has 16 heavy (non-hydrogen) atoms. The third-order valence-electron chi connectivity index (χ3n) is 2.46. The highest BCUT2D eigenvalue weighted by Crippen LogP contribution is 2.17. The number of hydrogen-bond acceptors (Lipinski definition) is 2. The largest absolute Gasteiger partial charge is 0.465 e. The van der Waals surface area contributed by atoms with Crippen LogP contribution in [0.1, 0.15) is 33.3 Å². The summed E-state index contributed by atoms with van der Waals surface area (Å²) in [4.78, 5) is 0. The molecule has 90 valence electrons. The molecule has 0 saturated heterocycles. The third kappa shape index (κ3) is 3.86. The SMILES string of the molecule is CCOC(Oc1ccc(CC)cc1)C(C)C. The zero-order valence-corrected chi connectivity index (χ0v) is 10.7. The fourth-order valence-corrected chi connectivity index (χ4v) is 1.46.